The van der Waals surface area contributed by atoms with E-state index < -0.39 is 6.29 Å². The molecule has 0 atom stereocenters. The van der Waals surface area contributed by atoms with E-state index in [0.29, 0.717) is 67.5 Å². The van der Waals surface area contributed by atoms with Gasteiger partial charge >= 0.3 is 0 Å². The normalized spacial score (nSPS) is 14.7. The summed E-state index contributed by atoms with van der Waals surface area (Å²) in [5.41, 5.74) is 0.299. The van der Waals surface area contributed by atoms with Crippen LogP contribution in [0.25, 0.3) is 0 Å². The van der Waals surface area contributed by atoms with Crippen molar-refractivity contribution in [2.24, 2.45) is 0 Å². The molecule has 0 aromatic carbocycles. The first-order chi connectivity index (χ1) is 14.0. The van der Waals surface area contributed by atoms with Gasteiger partial charge in [-0.1, -0.05) is 28.4 Å². The first-order valence-corrected chi connectivity index (χ1v) is 10.3. The maximum atomic E-state index is 12.8. The fraction of sp³-hybridized carbons (Fsp3) is 0.556. The summed E-state index contributed by atoms with van der Waals surface area (Å²) >= 11 is 12.1. The topological polar surface area (TPSA) is 85.6 Å². The van der Waals surface area contributed by atoms with Crippen LogP contribution in [-0.4, -0.2) is 76.5 Å². The number of carbonyl (C=O) groups is 1. The van der Waals surface area contributed by atoms with E-state index in [4.69, 9.17) is 32.7 Å². The highest BCUT2D eigenvalue weighted by molar-refractivity contribution is 6.36. The van der Waals surface area contributed by atoms with Gasteiger partial charge in [0.2, 0.25) is 0 Å². The number of anilines is 1. The van der Waals surface area contributed by atoms with Crippen LogP contribution in [0, 0.1) is 0 Å². The van der Waals surface area contributed by atoms with Crippen molar-refractivity contribution in [1.29, 1.82) is 0 Å². The number of halogens is 2. The van der Waals surface area contributed by atoms with Crippen molar-refractivity contribution in [1.82, 2.24) is 24.9 Å². The highest BCUT2D eigenvalue weighted by Crippen LogP contribution is 2.26. The molecule has 1 amide bonds. The average Bonchev–Trinajstić information content (AvgIpc) is 3.16. The van der Waals surface area contributed by atoms with E-state index in [1.807, 2.05) is 18.7 Å². The third kappa shape index (κ3) is 5.57. The number of piperazine rings is 1. The quantitative estimate of drug-likeness (QED) is 0.579. The second kappa shape index (κ2) is 10.2. The van der Waals surface area contributed by atoms with Crippen molar-refractivity contribution in [3.05, 3.63) is 34.2 Å². The maximum Gasteiger partial charge on any atom is 0.276 e. The van der Waals surface area contributed by atoms with Crippen LogP contribution in [0.15, 0.2) is 18.5 Å². The predicted octanol–water partition coefficient (Wildman–Crippen LogP) is 2.34. The van der Waals surface area contributed by atoms with Crippen LogP contribution in [0.1, 0.15) is 24.3 Å². The van der Waals surface area contributed by atoms with Gasteiger partial charge in [-0.25, -0.2) is 9.67 Å². The van der Waals surface area contributed by atoms with Crippen LogP contribution in [0.3, 0.4) is 0 Å². The van der Waals surface area contributed by atoms with Gasteiger partial charge in [0.1, 0.15) is 5.82 Å². The number of carbonyl (C=O) groups excluding carboxylic acids is 1. The molecule has 3 heterocycles. The molecule has 1 aliphatic heterocycles. The summed E-state index contributed by atoms with van der Waals surface area (Å²) in [5, 5.41) is 9.03. The second-order valence-corrected chi connectivity index (χ2v) is 7.25. The molecule has 0 radical (unpaired) electrons. The molecule has 2 aromatic rings. The van der Waals surface area contributed by atoms with Gasteiger partial charge in [-0.2, -0.15) is 0 Å². The smallest absolute Gasteiger partial charge is 0.276 e. The molecule has 3 rings (SSSR count). The summed E-state index contributed by atoms with van der Waals surface area (Å²) in [6.45, 7) is 7.53. The SMILES string of the molecule is CCOC(Cn1cc(C(=O)N2CCN(c3ncc(Cl)cc3Cl)CC2)nn1)OCC. The Morgan fingerprint density at radius 2 is 1.86 bits per heavy atom. The van der Waals surface area contributed by atoms with E-state index in [0.717, 1.165) is 0 Å². The van der Waals surface area contributed by atoms with Gasteiger partial charge in [0.05, 0.1) is 22.8 Å². The Kier molecular flexibility index (Phi) is 7.65. The number of hydrogen-bond donors (Lipinski definition) is 0. The molecular formula is C18H24Cl2N6O3. The van der Waals surface area contributed by atoms with E-state index in [9.17, 15) is 4.79 Å². The lowest BCUT2D eigenvalue weighted by molar-refractivity contribution is -0.145. The Morgan fingerprint density at radius 1 is 1.17 bits per heavy atom. The molecule has 1 aliphatic rings. The van der Waals surface area contributed by atoms with E-state index in [2.05, 4.69) is 15.3 Å². The first kappa shape index (κ1) is 21.8. The van der Waals surface area contributed by atoms with Gasteiger partial charge in [0.15, 0.2) is 12.0 Å². The summed E-state index contributed by atoms with van der Waals surface area (Å²) in [7, 11) is 0. The maximum absolute atomic E-state index is 12.8. The molecule has 0 aliphatic carbocycles. The Balaban J connectivity index is 1.57. The minimum absolute atomic E-state index is 0.157. The van der Waals surface area contributed by atoms with Crippen LogP contribution in [-0.2, 0) is 16.0 Å². The Hall–Kier alpha value is -1.94. The van der Waals surface area contributed by atoms with E-state index in [1.165, 1.54) is 0 Å². The molecule has 1 fully saturated rings. The van der Waals surface area contributed by atoms with Gasteiger partial charge in [0, 0.05) is 45.6 Å². The molecule has 0 spiro atoms. The molecule has 0 unspecified atom stereocenters. The zero-order chi connectivity index (χ0) is 20.8. The molecular weight excluding hydrogens is 419 g/mol. The van der Waals surface area contributed by atoms with Gasteiger partial charge in [-0.3, -0.25) is 4.79 Å². The molecule has 0 saturated carbocycles. The molecule has 2 aromatic heterocycles. The number of hydrogen-bond acceptors (Lipinski definition) is 7. The highest BCUT2D eigenvalue weighted by atomic mass is 35.5. The summed E-state index contributed by atoms with van der Waals surface area (Å²) < 4.78 is 12.6. The van der Waals surface area contributed by atoms with Gasteiger partial charge in [-0.15, -0.1) is 5.10 Å². The van der Waals surface area contributed by atoms with Crippen LogP contribution < -0.4 is 4.90 Å². The Morgan fingerprint density at radius 3 is 2.48 bits per heavy atom. The lowest BCUT2D eigenvalue weighted by Gasteiger charge is -2.35. The predicted molar refractivity (Wildman–Crippen MR) is 109 cm³/mol. The van der Waals surface area contributed by atoms with Crippen LogP contribution in [0.5, 0.6) is 0 Å². The summed E-state index contributed by atoms with van der Waals surface area (Å²) in [5.74, 6) is 0.516. The van der Waals surface area contributed by atoms with Crippen LogP contribution in [0.4, 0.5) is 5.82 Å². The fourth-order valence-electron chi connectivity index (χ4n) is 3.09. The summed E-state index contributed by atoms with van der Waals surface area (Å²) in [6, 6.07) is 1.67. The lowest BCUT2D eigenvalue weighted by Crippen LogP contribution is -2.49. The van der Waals surface area contributed by atoms with Crippen molar-refractivity contribution in [2.45, 2.75) is 26.7 Å². The molecule has 158 valence electrons. The lowest BCUT2D eigenvalue weighted by atomic mass is 10.2. The Bertz CT molecular complexity index is 820. The fourth-order valence-corrected chi connectivity index (χ4v) is 3.59. The molecule has 0 bridgehead atoms. The number of amides is 1. The Labute approximate surface area is 179 Å². The van der Waals surface area contributed by atoms with Gasteiger partial charge < -0.3 is 19.3 Å². The number of rotatable bonds is 8. The number of ether oxygens (including phenoxy) is 2. The van der Waals surface area contributed by atoms with E-state index in [-0.39, 0.29) is 5.91 Å². The van der Waals surface area contributed by atoms with Crippen molar-refractivity contribution < 1.29 is 14.3 Å². The molecule has 0 N–H and O–H groups in total. The summed E-state index contributed by atoms with van der Waals surface area (Å²) in [6.07, 6.45) is 2.77. The monoisotopic (exact) mass is 442 g/mol. The number of nitrogens with zero attached hydrogens (tertiary/aromatic N) is 6. The third-order valence-corrected chi connectivity index (χ3v) is 4.94. The highest BCUT2D eigenvalue weighted by Gasteiger charge is 2.26. The van der Waals surface area contributed by atoms with Gasteiger partial charge in [0.25, 0.3) is 5.91 Å². The zero-order valence-electron chi connectivity index (χ0n) is 16.4. The van der Waals surface area contributed by atoms with Crippen molar-refractivity contribution in [3.8, 4) is 0 Å². The van der Waals surface area contributed by atoms with Crippen molar-refractivity contribution >= 4 is 34.9 Å². The molecule has 29 heavy (non-hydrogen) atoms. The number of pyridine rings is 1. The van der Waals surface area contributed by atoms with Crippen LogP contribution in [0.2, 0.25) is 10.0 Å². The van der Waals surface area contributed by atoms with Crippen molar-refractivity contribution in [3.63, 3.8) is 0 Å². The van der Waals surface area contributed by atoms with E-state index >= 15 is 0 Å². The third-order valence-electron chi connectivity index (χ3n) is 4.45. The molecule has 9 nitrogen and oxygen atoms in total. The minimum Gasteiger partial charge on any atom is -0.352 e. The van der Waals surface area contributed by atoms with Crippen molar-refractivity contribution in [2.75, 3.05) is 44.3 Å². The molecule has 11 heteroatoms. The minimum atomic E-state index is -0.421. The van der Waals surface area contributed by atoms with Crippen LogP contribution >= 0.6 is 23.2 Å². The second-order valence-electron chi connectivity index (χ2n) is 6.40. The first-order valence-electron chi connectivity index (χ1n) is 9.50. The van der Waals surface area contributed by atoms with Gasteiger partial charge in [-0.05, 0) is 19.9 Å². The summed E-state index contributed by atoms with van der Waals surface area (Å²) in [4.78, 5) is 20.9. The number of aromatic nitrogens is 4. The average molecular weight is 443 g/mol. The largest absolute Gasteiger partial charge is 0.352 e. The molecule has 1 saturated heterocycles. The standard InChI is InChI=1S/C18H24Cl2N6O3/c1-3-28-16(29-4-2)12-26-11-15(22-23-26)18(27)25-7-5-24(6-8-25)17-14(20)9-13(19)10-21-17/h9-11,16H,3-8,12H2,1-2H3. The zero-order valence-corrected chi connectivity index (χ0v) is 17.9. The van der Waals surface area contributed by atoms with E-state index in [1.54, 1.807) is 28.0 Å².